The molecule has 3 atom stereocenters. The molecule has 0 saturated carbocycles. The molecule has 2 N–H and O–H groups in total. The number of halogens is 2. The maximum atomic E-state index is 13.0. The molecular weight excluding hydrogens is 423 g/mol. The Bertz CT molecular complexity index is 841. The minimum atomic E-state index is -3.22. The summed E-state index contributed by atoms with van der Waals surface area (Å²) in [6.07, 6.45) is 1.19. The number of piperazine rings is 1. The zero-order valence-electron chi connectivity index (χ0n) is 16.0. The van der Waals surface area contributed by atoms with Gasteiger partial charge in [-0.15, -0.1) is 0 Å². The largest absolute Gasteiger partial charge is 0.328 e. The van der Waals surface area contributed by atoms with Crippen molar-refractivity contribution in [2.75, 3.05) is 45.5 Å². The first kappa shape index (κ1) is 21.6. The van der Waals surface area contributed by atoms with Crippen molar-refractivity contribution in [3.05, 3.63) is 33.8 Å². The van der Waals surface area contributed by atoms with Crippen molar-refractivity contribution in [2.24, 2.45) is 11.7 Å². The normalized spacial score (nSPS) is 25.2. The van der Waals surface area contributed by atoms with E-state index >= 15 is 0 Å². The molecule has 2 aliphatic heterocycles. The van der Waals surface area contributed by atoms with Crippen LogP contribution in [-0.4, -0.2) is 80.1 Å². The molecular formula is C18H26Cl2N4O3S. The Morgan fingerprint density at radius 1 is 1.11 bits per heavy atom. The Morgan fingerprint density at radius 2 is 1.75 bits per heavy atom. The van der Waals surface area contributed by atoms with Gasteiger partial charge in [0.2, 0.25) is 10.0 Å². The minimum absolute atomic E-state index is 0.0682. The Kier molecular flexibility index (Phi) is 6.46. The second-order valence-electron chi connectivity index (χ2n) is 7.64. The van der Waals surface area contributed by atoms with E-state index in [0.717, 1.165) is 5.56 Å². The molecule has 156 valence electrons. The van der Waals surface area contributed by atoms with Gasteiger partial charge in [-0.2, -0.15) is 4.31 Å². The number of hydrogen-bond donors (Lipinski definition) is 1. The first-order chi connectivity index (χ1) is 13.1. The summed E-state index contributed by atoms with van der Waals surface area (Å²) in [5.74, 6) is 0.189. The lowest BCUT2D eigenvalue weighted by atomic mass is 9.85. The average Bonchev–Trinajstić information content (AvgIpc) is 3.08. The summed E-state index contributed by atoms with van der Waals surface area (Å²) in [5.41, 5.74) is 7.24. The molecule has 2 aliphatic rings. The third-order valence-electron chi connectivity index (χ3n) is 5.66. The van der Waals surface area contributed by atoms with Crippen LogP contribution in [0.1, 0.15) is 18.4 Å². The average molecular weight is 449 g/mol. The third-order valence-corrected chi connectivity index (χ3v) is 7.70. The number of likely N-dealkylation sites (tertiary alicyclic amines) is 1. The summed E-state index contributed by atoms with van der Waals surface area (Å²) in [4.78, 5) is 16.6. The molecule has 2 heterocycles. The van der Waals surface area contributed by atoms with Gasteiger partial charge in [-0.05, 0) is 30.5 Å². The maximum absolute atomic E-state index is 13.0. The van der Waals surface area contributed by atoms with Gasteiger partial charge in [0.25, 0.3) is 0 Å². The highest BCUT2D eigenvalue weighted by Gasteiger charge is 2.40. The smallest absolute Gasteiger partial charge is 0.320 e. The lowest BCUT2D eigenvalue weighted by molar-refractivity contribution is 0.140. The number of hydrogen-bond acceptors (Lipinski definition) is 4. The summed E-state index contributed by atoms with van der Waals surface area (Å²) in [6, 6.07) is 5.41. The topological polar surface area (TPSA) is 86.9 Å². The SMILES string of the molecule is C[C@@H](N)[C@@H]1CN(C(=O)N2CCN(S(C)(=O)=O)CC2)C[C@@H]1c1ccc(Cl)c(Cl)c1. The van der Waals surface area contributed by atoms with E-state index in [2.05, 4.69) is 0 Å². The second kappa shape index (κ2) is 8.36. The van der Waals surface area contributed by atoms with E-state index in [1.54, 1.807) is 11.0 Å². The van der Waals surface area contributed by atoms with Crippen molar-refractivity contribution in [1.82, 2.24) is 14.1 Å². The fraction of sp³-hybridized carbons (Fsp3) is 0.611. The highest BCUT2D eigenvalue weighted by Crippen LogP contribution is 2.37. The van der Waals surface area contributed by atoms with Crippen molar-refractivity contribution >= 4 is 39.3 Å². The third kappa shape index (κ3) is 4.57. The van der Waals surface area contributed by atoms with Crippen LogP contribution in [0.15, 0.2) is 18.2 Å². The lowest BCUT2D eigenvalue weighted by Crippen LogP contribution is -2.53. The van der Waals surface area contributed by atoms with Crippen LogP contribution in [0.4, 0.5) is 4.79 Å². The van der Waals surface area contributed by atoms with E-state index in [4.69, 9.17) is 28.9 Å². The number of carbonyl (C=O) groups excluding carboxylic acids is 1. The Morgan fingerprint density at radius 3 is 2.29 bits per heavy atom. The molecule has 7 nitrogen and oxygen atoms in total. The van der Waals surface area contributed by atoms with Crippen LogP contribution in [0.3, 0.4) is 0 Å². The van der Waals surface area contributed by atoms with Gasteiger partial charge in [-0.25, -0.2) is 13.2 Å². The van der Waals surface area contributed by atoms with Crippen LogP contribution in [0.2, 0.25) is 10.0 Å². The van der Waals surface area contributed by atoms with Crippen molar-refractivity contribution in [1.29, 1.82) is 0 Å². The summed E-state index contributed by atoms with van der Waals surface area (Å²) in [5, 5.41) is 0.988. The van der Waals surface area contributed by atoms with Crippen molar-refractivity contribution in [2.45, 2.75) is 18.9 Å². The summed E-state index contributed by atoms with van der Waals surface area (Å²) in [6.45, 7) is 4.50. The summed E-state index contributed by atoms with van der Waals surface area (Å²) in [7, 11) is -3.22. The van der Waals surface area contributed by atoms with E-state index in [1.165, 1.54) is 10.6 Å². The molecule has 0 spiro atoms. The number of rotatable bonds is 3. The molecule has 3 rings (SSSR count). The monoisotopic (exact) mass is 448 g/mol. The van der Waals surface area contributed by atoms with Gasteiger partial charge in [0.05, 0.1) is 16.3 Å². The second-order valence-corrected chi connectivity index (χ2v) is 10.4. The number of nitrogens with zero attached hydrogens (tertiary/aromatic N) is 3. The van der Waals surface area contributed by atoms with Crippen LogP contribution < -0.4 is 5.73 Å². The number of carbonyl (C=O) groups is 1. The maximum Gasteiger partial charge on any atom is 0.320 e. The lowest BCUT2D eigenvalue weighted by Gasteiger charge is -2.35. The van der Waals surface area contributed by atoms with Crippen molar-refractivity contribution in [3.8, 4) is 0 Å². The molecule has 0 unspecified atom stereocenters. The van der Waals surface area contributed by atoms with E-state index in [-0.39, 0.29) is 23.9 Å². The van der Waals surface area contributed by atoms with Crippen LogP contribution in [0.5, 0.6) is 0 Å². The predicted octanol–water partition coefficient (Wildman–Crippen LogP) is 2.05. The predicted molar refractivity (Wildman–Crippen MR) is 111 cm³/mol. The molecule has 1 aromatic carbocycles. The van der Waals surface area contributed by atoms with Gasteiger partial charge in [0.1, 0.15) is 0 Å². The molecule has 0 aliphatic carbocycles. The zero-order chi connectivity index (χ0) is 20.6. The number of amides is 2. The van der Waals surface area contributed by atoms with Crippen molar-refractivity contribution < 1.29 is 13.2 Å². The minimum Gasteiger partial charge on any atom is -0.328 e. The van der Waals surface area contributed by atoms with Gasteiger partial charge in [0.15, 0.2) is 0 Å². The van der Waals surface area contributed by atoms with Gasteiger partial charge in [0, 0.05) is 51.2 Å². The van der Waals surface area contributed by atoms with Crippen LogP contribution in [0.25, 0.3) is 0 Å². The van der Waals surface area contributed by atoms with E-state index in [9.17, 15) is 13.2 Å². The molecule has 10 heteroatoms. The van der Waals surface area contributed by atoms with Crippen molar-refractivity contribution in [3.63, 3.8) is 0 Å². The standard InChI is InChI=1S/C18H26Cl2N4O3S/c1-12(21)14-10-23(11-15(14)13-3-4-16(19)17(20)9-13)18(25)22-5-7-24(8-6-22)28(2,26)27/h3-4,9,12,14-15H,5-8,10-11,21H2,1-2H3/t12-,14+,15-/m1/s1. The van der Waals surface area contributed by atoms with Crippen LogP contribution in [-0.2, 0) is 10.0 Å². The Hall–Kier alpha value is -1.06. The Labute approximate surface area is 176 Å². The fourth-order valence-corrected chi connectivity index (χ4v) is 5.16. The molecule has 1 aromatic rings. The van der Waals surface area contributed by atoms with Gasteiger partial charge >= 0.3 is 6.03 Å². The highest BCUT2D eigenvalue weighted by molar-refractivity contribution is 7.88. The van der Waals surface area contributed by atoms with Crippen LogP contribution >= 0.6 is 23.2 Å². The fourth-order valence-electron chi connectivity index (χ4n) is 4.02. The van der Waals surface area contributed by atoms with Gasteiger partial charge < -0.3 is 15.5 Å². The first-order valence-electron chi connectivity index (χ1n) is 9.27. The quantitative estimate of drug-likeness (QED) is 0.766. The molecule has 0 bridgehead atoms. The van der Waals surface area contributed by atoms with E-state index in [1.807, 2.05) is 24.0 Å². The molecule has 0 radical (unpaired) electrons. The van der Waals surface area contributed by atoms with Gasteiger partial charge in [-0.1, -0.05) is 29.3 Å². The Balaban J connectivity index is 1.71. The van der Waals surface area contributed by atoms with Gasteiger partial charge in [-0.3, -0.25) is 0 Å². The highest BCUT2D eigenvalue weighted by atomic mass is 35.5. The van der Waals surface area contributed by atoms with E-state index < -0.39 is 10.0 Å². The van der Waals surface area contributed by atoms with Crippen LogP contribution in [0, 0.1) is 5.92 Å². The summed E-state index contributed by atoms with van der Waals surface area (Å²) < 4.78 is 24.7. The molecule has 2 amide bonds. The molecule has 28 heavy (non-hydrogen) atoms. The molecule has 2 saturated heterocycles. The number of benzene rings is 1. The molecule has 0 aromatic heterocycles. The first-order valence-corrected chi connectivity index (χ1v) is 11.9. The van der Waals surface area contributed by atoms with E-state index in [0.29, 0.717) is 49.3 Å². The zero-order valence-corrected chi connectivity index (χ0v) is 18.3. The number of urea groups is 1. The number of nitrogens with two attached hydrogens (primary N) is 1. The summed E-state index contributed by atoms with van der Waals surface area (Å²) >= 11 is 12.2. The number of sulfonamides is 1. The molecule has 2 fully saturated rings.